The molecule has 1 aliphatic rings. The molecule has 1 saturated heterocycles. The van der Waals surface area contributed by atoms with Crippen molar-refractivity contribution in [2.75, 3.05) is 13.1 Å². The van der Waals surface area contributed by atoms with Crippen LogP contribution in [0, 0.1) is 6.92 Å². The molecule has 0 saturated carbocycles. The molecule has 88 valence electrons. The van der Waals surface area contributed by atoms with Gasteiger partial charge in [0.05, 0.1) is 18.5 Å². The van der Waals surface area contributed by atoms with Gasteiger partial charge in [-0.1, -0.05) is 0 Å². The summed E-state index contributed by atoms with van der Waals surface area (Å²) in [5.41, 5.74) is 0.886. The molecule has 2 heterocycles. The molecule has 4 nitrogen and oxygen atoms in total. The van der Waals surface area contributed by atoms with Crippen molar-refractivity contribution in [1.29, 1.82) is 0 Å². The second-order valence-electron chi connectivity index (χ2n) is 4.40. The summed E-state index contributed by atoms with van der Waals surface area (Å²) in [5, 5.41) is 0. The number of carbonyl (C=O) groups is 1. The summed E-state index contributed by atoms with van der Waals surface area (Å²) in [7, 11) is 0. The van der Waals surface area contributed by atoms with Crippen LogP contribution in [0.3, 0.4) is 0 Å². The van der Waals surface area contributed by atoms with Crippen LogP contribution in [-0.2, 0) is 4.74 Å². The highest BCUT2D eigenvalue weighted by Crippen LogP contribution is 2.17. The molecule has 2 rings (SSSR count). The number of hydrogen-bond donors (Lipinski definition) is 0. The highest BCUT2D eigenvalue weighted by atomic mass is 16.5. The summed E-state index contributed by atoms with van der Waals surface area (Å²) in [4.78, 5) is 13.9. The molecule has 0 aliphatic carbocycles. The largest absolute Gasteiger partial charge is 0.459 e. The van der Waals surface area contributed by atoms with E-state index in [1.54, 1.807) is 17.2 Å². The normalized spacial score (nSPS) is 25.8. The van der Waals surface area contributed by atoms with E-state index < -0.39 is 0 Å². The summed E-state index contributed by atoms with van der Waals surface area (Å²) in [5.74, 6) is 0.408. The first-order chi connectivity index (χ1) is 7.58. The van der Waals surface area contributed by atoms with Gasteiger partial charge < -0.3 is 14.1 Å². The van der Waals surface area contributed by atoms with Gasteiger partial charge in [-0.15, -0.1) is 0 Å². The Labute approximate surface area is 95.2 Å². The summed E-state index contributed by atoms with van der Waals surface area (Å²) in [6, 6.07) is 1.81. The fourth-order valence-electron chi connectivity index (χ4n) is 2.08. The van der Waals surface area contributed by atoms with Crippen molar-refractivity contribution in [3.63, 3.8) is 0 Å². The number of carbonyl (C=O) groups excluding carboxylic acids is 1. The zero-order valence-corrected chi connectivity index (χ0v) is 9.90. The van der Waals surface area contributed by atoms with Gasteiger partial charge in [0.25, 0.3) is 5.91 Å². The lowest BCUT2D eigenvalue weighted by Crippen LogP contribution is -2.48. The third kappa shape index (κ3) is 2.11. The van der Waals surface area contributed by atoms with E-state index >= 15 is 0 Å². The van der Waals surface area contributed by atoms with Gasteiger partial charge in [-0.2, -0.15) is 0 Å². The van der Waals surface area contributed by atoms with E-state index in [-0.39, 0.29) is 18.1 Å². The van der Waals surface area contributed by atoms with E-state index in [1.165, 1.54) is 0 Å². The fraction of sp³-hybridized carbons (Fsp3) is 0.583. The summed E-state index contributed by atoms with van der Waals surface area (Å²) < 4.78 is 10.8. The van der Waals surface area contributed by atoms with Crippen LogP contribution in [0.1, 0.15) is 30.0 Å². The minimum Gasteiger partial charge on any atom is -0.459 e. The van der Waals surface area contributed by atoms with E-state index in [0.29, 0.717) is 18.8 Å². The molecular weight excluding hydrogens is 206 g/mol. The molecule has 0 radical (unpaired) electrons. The Balaban J connectivity index is 2.13. The second kappa shape index (κ2) is 4.29. The first-order valence-electron chi connectivity index (χ1n) is 5.56. The molecule has 1 amide bonds. The Bertz CT molecular complexity index is 375. The maximum absolute atomic E-state index is 12.1. The van der Waals surface area contributed by atoms with Crippen LogP contribution in [-0.4, -0.2) is 36.1 Å². The van der Waals surface area contributed by atoms with E-state index in [2.05, 4.69) is 0 Å². The third-order valence-electron chi connectivity index (χ3n) is 2.76. The van der Waals surface area contributed by atoms with E-state index in [4.69, 9.17) is 9.15 Å². The molecule has 2 unspecified atom stereocenters. The van der Waals surface area contributed by atoms with Crippen LogP contribution >= 0.6 is 0 Å². The van der Waals surface area contributed by atoms with Crippen molar-refractivity contribution >= 4 is 5.91 Å². The second-order valence-corrected chi connectivity index (χ2v) is 4.40. The van der Waals surface area contributed by atoms with Crippen LogP contribution < -0.4 is 0 Å². The molecule has 2 atom stereocenters. The number of morpholine rings is 1. The first kappa shape index (κ1) is 11.2. The lowest BCUT2D eigenvalue weighted by molar-refractivity contribution is -0.0592. The Morgan fingerprint density at radius 3 is 2.50 bits per heavy atom. The predicted octanol–water partition coefficient (Wildman–Crippen LogP) is 1.84. The Morgan fingerprint density at radius 2 is 2.00 bits per heavy atom. The minimum absolute atomic E-state index is 0.0375. The molecule has 1 aromatic heterocycles. The number of amides is 1. The van der Waals surface area contributed by atoms with Gasteiger partial charge in [0.15, 0.2) is 5.76 Å². The average molecular weight is 223 g/mol. The van der Waals surface area contributed by atoms with Crippen LogP contribution in [0.2, 0.25) is 0 Å². The molecule has 0 spiro atoms. The topological polar surface area (TPSA) is 42.7 Å². The Hall–Kier alpha value is -1.29. The lowest BCUT2D eigenvalue weighted by atomic mass is 10.2. The molecule has 0 aromatic carbocycles. The molecule has 1 fully saturated rings. The number of nitrogens with zero attached hydrogens (tertiary/aromatic N) is 1. The van der Waals surface area contributed by atoms with Crippen LogP contribution in [0.5, 0.6) is 0 Å². The zero-order chi connectivity index (χ0) is 11.7. The van der Waals surface area contributed by atoms with Crippen molar-refractivity contribution in [1.82, 2.24) is 4.90 Å². The summed E-state index contributed by atoms with van der Waals surface area (Å²) >= 11 is 0. The summed E-state index contributed by atoms with van der Waals surface area (Å²) in [6.45, 7) is 7.09. The number of furan rings is 1. The molecule has 1 aromatic rings. The highest BCUT2D eigenvalue weighted by molar-refractivity contribution is 5.92. The zero-order valence-electron chi connectivity index (χ0n) is 9.90. The van der Waals surface area contributed by atoms with Gasteiger partial charge in [0.1, 0.15) is 0 Å². The van der Waals surface area contributed by atoms with Crippen LogP contribution in [0.15, 0.2) is 16.7 Å². The van der Waals surface area contributed by atoms with Gasteiger partial charge in [-0.05, 0) is 26.8 Å². The van der Waals surface area contributed by atoms with Crippen LogP contribution in [0.4, 0.5) is 0 Å². The van der Waals surface area contributed by atoms with Gasteiger partial charge in [-0.25, -0.2) is 0 Å². The van der Waals surface area contributed by atoms with Crippen LogP contribution in [0.25, 0.3) is 0 Å². The molecule has 1 aliphatic heterocycles. The van der Waals surface area contributed by atoms with Gasteiger partial charge >= 0.3 is 0 Å². The van der Waals surface area contributed by atoms with E-state index in [0.717, 1.165) is 5.56 Å². The van der Waals surface area contributed by atoms with Gasteiger partial charge in [-0.3, -0.25) is 4.79 Å². The summed E-state index contributed by atoms with van der Waals surface area (Å²) in [6.07, 6.45) is 1.72. The third-order valence-corrected chi connectivity index (χ3v) is 2.76. The number of rotatable bonds is 1. The quantitative estimate of drug-likeness (QED) is 0.729. The number of aryl methyl sites for hydroxylation is 1. The molecule has 4 heteroatoms. The SMILES string of the molecule is Cc1ccoc1C(=O)N1CC(C)OC(C)C1. The standard InChI is InChI=1S/C12H17NO3/c1-8-4-5-15-11(8)12(14)13-6-9(2)16-10(3)7-13/h4-5,9-10H,6-7H2,1-3H3. The number of hydrogen-bond acceptors (Lipinski definition) is 3. The molecule has 16 heavy (non-hydrogen) atoms. The molecular formula is C12H17NO3. The lowest BCUT2D eigenvalue weighted by Gasteiger charge is -2.34. The van der Waals surface area contributed by atoms with Gasteiger partial charge in [0.2, 0.25) is 0 Å². The van der Waals surface area contributed by atoms with Crippen molar-refractivity contribution in [2.24, 2.45) is 0 Å². The minimum atomic E-state index is -0.0375. The van der Waals surface area contributed by atoms with E-state index in [1.807, 2.05) is 20.8 Å². The van der Waals surface area contributed by atoms with Crippen molar-refractivity contribution in [3.05, 3.63) is 23.7 Å². The monoisotopic (exact) mass is 223 g/mol. The van der Waals surface area contributed by atoms with Gasteiger partial charge in [0, 0.05) is 18.7 Å². The maximum atomic E-state index is 12.1. The Morgan fingerprint density at radius 1 is 1.38 bits per heavy atom. The van der Waals surface area contributed by atoms with Crippen molar-refractivity contribution < 1.29 is 13.9 Å². The Kier molecular flexibility index (Phi) is 3.01. The average Bonchev–Trinajstić information content (AvgIpc) is 2.62. The fourth-order valence-corrected chi connectivity index (χ4v) is 2.08. The smallest absolute Gasteiger partial charge is 0.290 e. The first-order valence-corrected chi connectivity index (χ1v) is 5.56. The molecule has 0 bridgehead atoms. The maximum Gasteiger partial charge on any atom is 0.290 e. The van der Waals surface area contributed by atoms with Crippen molar-refractivity contribution in [3.8, 4) is 0 Å². The van der Waals surface area contributed by atoms with E-state index in [9.17, 15) is 4.79 Å². The molecule has 0 N–H and O–H groups in total. The highest BCUT2D eigenvalue weighted by Gasteiger charge is 2.28. The number of ether oxygens (including phenoxy) is 1. The van der Waals surface area contributed by atoms with Crippen molar-refractivity contribution in [2.45, 2.75) is 33.0 Å². The predicted molar refractivity (Wildman–Crippen MR) is 59.4 cm³/mol.